The fourth-order valence-electron chi connectivity index (χ4n) is 4.63. The highest BCUT2D eigenvalue weighted by atomic mass is 35.5. The molecule has 0 N–H and O–H groups in total. The Bertz CT molecular complexity index is 1710. The van der Waals surface area contributed by atoms with Crippen molar-refractivity contribution in [3.63, 3.8) is 0 Å². The van der Waals surface area contributed by atoms with Crippen molar-refractivity contribution >= 4 is 29.5 Å². The van der Waals surface area contributed by atoms with Crippen LogP contribution in [0.3, 0.4) is 0 Å². The van der Waals surface area contributed by atoms with Crippen LogP contribution in [0.1, 0.15) is 31.4 Å². The molecule has 4 aromatic rings. The molecule has 0 fully saturated rings. The van der Waals surface area contributed by atoms with Crippen molar-refractivity contribution in [1.82, 2.24) is 14.7 Å². The van der Waals surface area contributed by atoms with Gasteiger partial charge < -0.3 is 4.74 Å². The third-order valence-electron chi connectivity index (χ3n) is 6.82. The summed E-state index contributed by atoms with van der Waals surface area (Å²) >= 11 is 6.26. The summed E-state index contributed by atoms with van der Waals surface area (Å²) in [7, 11) is 0. The van der Waals surface area contributed by atoms with Crippen LogP contribution in [0.4, 0.5) is 0 Å². The zero-order chi connectivity index (χ0) is 28.9. The minimum atomic E-state index is -0.554. The largest absolute Gasteiger partial charge is 0.489 e. The molecule has 7 nitrogen and oxygen atoms in total. The number of ether oxygens (including phenoxy) is 1. The molecular formula is C33H27ClN4O3. The second kappa shape index (κ2) is 12.1. The average Bonchev–Trinajstić information content (AvgIpc) is 3.42. The Balaban J connectivity index is 1.55. The van der Waals surface area contributed by atoms with Gasteiger partial charge in [0.15, 0.2) is 0 Å². The normalized spacial score (nSPS) is 14.5. The van der Waals surface area contributed by atoms with E-state index in [1.54, 1.807) is 17.7 Å². The summed E-state index contributed by atoms with van der Waals surface area (Å²) in [6.45, 7) is 4.08. The first-order valence-corrected chi connectivity index (χ1v) is 13.6. The maximum Gasteiger partial charge on any atom is 0.271 e. The number of carbonyl (C=O) groups is 2. The van der Waals surface area contributed by atoms with Crippen molar-refractivity contribution in [1.29, 1.82) is 5.26 Å². The monoisotopic (exact) mass is 562 g/mol. The summed E-state index contributed by atoms with van der Waals surface area (Å²) < 4.78 is 7.69. The standard InChI is InChI=1S/C33H27ClN4O3/c1-3-17-37-32(39)28(22(2)29(19-35)33(37)40)18-25-20-38(26-10-5-4-6-11-26)36-31(25)23-13-15-27(16-14-23)41-21-24-9-7-8-12-30(24)34/h4-16,18,20H,3,17,21H2,1-2H3/b28-18+. The second-order valence-corrected chi connectivity index (χ2v) is 9.96. The number of amides is 2. The van der Waals surface area contributed by atoms with Gasteiger partial charge in [-0.25, -0.2) is 4.68 Å². The van der Waals surface area contributed by atoms with Crippen LogP contribution >= 0.6 is 11.6 Å². The van der Waals surface area contributed by atoms with Crippen LogP contribution in [0.5, 0.6) is 5.75 Å². The van der Waals surface area contributed by atoms with E-state index in [-0.39, 0.29) is 12.1 Å². The highest BCUT2D eigenvalue weighted by Gasteiger charge is 2.35. The Morgan fingerprint density at radius 1 is 0.976 bits per heavy atom. The van der Waals surface area contributed by atoms with E-state index in [4.69, 9.17) is 21.4 Å². The zero-order valence-corrected chi connectivity index (χ0v) is 23.4. The van der Waals surface area contributed by atoms with E-state index in [2.05, 4.69) is 0 Å². The van der Waals surface area contributed by atoms with Gasteiger partial charge in [0.2, 0.25) is 0 Å². The molecule has 8 heteroatoms. The van der Waals surface area contributed by atoms with Gasteiger partial charge in [-0.15, -0.1) is 0 Å². The van der Waals surface area contributed by atoms with Gasteiger partial charge in [0, 0.05) is 40.0 Å². The maximum atomic E-state index is 13.4. The Morgan fingerprint density at radius 2 is 1.68 bits per heavy atom. The molecule has 1 aliphatic heterocycles. The van der Waals surface area contributed by atoms with Gasteiger partial charge in [-0.3, -0.25) is 14.5 Å². The molecule has 0 spiro atoms. The van der Waals surface area contributed by atoms with Crippen LogP contribution in [0.15, 0.2) is 102 Å². The van der Waals surface area contributed by atoms with Crippen LogP contribution < -0.4 is 4.74 Å². The first-order chi connectivity index (χ1) is 19.9. The van der Waals surface area contributed by atoms with E-state index in [0.717, 1.165) is 21.7 Å². The van der Waals surface area contributed by atoms with Crippen molar-refractivity contribution < 1.29 is 14.3 Å². The molecule has 204 valence electrons. The smallest absolute Gasteiger partial charge is 0.271 e. The number of rotatable bonds is 8. The van der Waals surface area contributed by atoms with Gasteiger partial charge in [-0.05, 0) is 67.5 Å². The number of nitriles is 1. The van der Waals surface area contributed by atoms with E-state index in [1.807, 2.05) is 98.1 Å². The number of aromatic nitrogens is 2. The number of para-hydroxylation sites is 1. The molecule has 1 aliphatic rings. The molecule has 0 saturated heterocycles. The number of hydrogen-bond acceptors (Lipinski definition) is 5. The first-order valence-electron chi connectivity index (χ1n) is 13.2. The Hall–Kier alpha value is -4.93. The quantitative estimate of drug-likeness (QED) is 0.174. The number of imide groups is 1. The van der Waals surface area contributed by atoms with Crippen molar-refractivity contribution in [2.24, 2.45) is 0 Å². The van der Waals surface area contributed by atoms with Crippen LogP contribution in [0.2, 0.25) is 5.02 Å². The highest BCUT2D eigenvalue weighted by Crippen LogP contribution is 2.32. The lowest BCUT2D eigenvalue weighted by molar-refractivity contribution is -0.140. The molecule has 1 aromatic heterocycles. The number of nitrogens with zero attached hydrogens (tertiary/aromatic N) is 4. The maximum absolute atomic E-state index is 13.4. The lowest BCUT2D eigenvalue weighted by Gasteiger charge is -2.27. The van der Waals surface area contributed by atoms with Gasteiger partial charge in [0.25, 0.3) is 11.8 Å². The van der Waals surface area contributed by atoms with Crippen LogP contribution in [0.25, 0.3) is 23.0 Å². The van der Waals surface area contributed by atoms with Crippen molar-refractivity contribution in [3.8, 4) is 28.8 Å². The number of halogens is 1. The summed E-state index contributed by atoms with van der Waals surface area (Å²) in [6.07, 6.45) is 4.14. The van der Waals surface area contributed by atoms with Gasteiger partial charge in [0.1, 0.15) is 24.0 Å². The fourth-order valence-corrected chi connectivity index (χ4v) is 4.82. The minimum Gasteiger partial charge on any atom is -0.489 e. The lowest BCUT2D eigenvalue weighted by Crippen LogP contribution is -2.43. The summed E-state index contributed by atoms with van der Waals surface area (Å²) in [4.78, 5) is 27.4. The minimum absolute atomic E-state index is 0.0266. The van der Waals surface area contributed by atoms with E-state index in [1.165, 1.54) is 0 Å². The number of hydrogen-bond donors (Lipinski definition) is 0. The topological polar surface area (TPSA) is 88.2 Å². The molecule has 0 radical (unpaired) electrons. The molecule has 0 unspecified atom stereocenters. The van der Waals surface area contributed by atoms with Crippen molar-refractivity contribution in [2.45, 2.75) is 26.9 Å². The van der Waals surface area contributed by atoms with Crippen molar-refractivity contribution in [3.05, 3.63) is 118 Å². The molecule has 0 atom stereocenters. The number of carbonyl (C=O) groups excluding carboxylic acids is 2. The van der Waals surface area contributed by atoms with Gasteiger partial charge in [-0.1, -0.05) is 54.9 Å². The van der Waals surface area contributed by atoms with E-state index >= 15 is 0 Å². The lowest BCUT2D eigenvalue weighted by atomic mass is 9.93. The second-order valence-electron chi connectivity index (χ2n) is 9.55. The third kappa shape index (κ3) is 5.69. The number of benzene rings is 3. The molecular weight excluding hydrogens is 536 g/mol. The van der Waals surface area contributed by atoms with Crippen LogP contribution in [-0.4, -0.2) is 33.0 Å². The predicted molar refractivity (Wildman–Crippen MR) is 158 cm³/mol. The van der Waals surface area contributed by atoms with Gasteiger partial charge in [-0.2, -0.15) is 10.4 Å². The van der Waals surface area contributed by atoms with Gasteiger partial charge in [0.05, 0.1) is 11.4 Å². The summed E-state index contributed by atoms with van der Waals surface area (Å²) in [5, 5.41) is 15.2. The third-order valence-corrected chi connectivity index (χ3v) is 7.18. The molecule has 0 saturated carbocycles. The molecule has 2 amide bonds. The van der Waals surface area contributed by atoms with Crippen molar-refractivity contribution in [2.75, 3.05) is 6.54 Å². The molecule has 3 aromatic carbocycles. The fraction of sp³-hybridized carbons (Fsp3) is 0.152. The Labute approximate surface area is 243 Å². The Kier molecular flexibility index (Phi) is 8.14. The van der Waals surface area contributed by atoms with Crippen LogP contribution in [0, 0.1) is 11.3 Å². The van der Waals surface area contributed by atoms with E-state index < -0.39 is 11.8 Å². The first kappa shape index (κ1) is 27.6. The molecule has 0 aliphatic carbocycles. The predicted octanol–water partition coefficient (Wildman–Crippen LogP) is 6.77. The van der Waals surface area contributed by atoms with Gasteiger partial charge >= 0.3 is 0 Å². The molecule has 5 rings (SSSR count). The summed E-state index contributed by atoms with van der Waals surface area (Å²) in [5.41, 5.74) is 4.48. The molecule has 2 heterocycles. The van der Waals surface area contributed by atoms with Crippen LogP contribution in [-0.2, 0) is 16.2 Å². The molecule has 41 heavy (non-hydrogen) atoms. The molecule has 0 bridgehead atoms. The SMILES string of the molecule is CCCN1C(=O)C(C#N)=C(C)/C(=C\c2cn(-c3ccccc3)nc2-c2ccc(OCc3ccccc3Cl)cc2)C1=O. The highest BCUT2D eigenvalue weighted by molar-refractivity contribution is 6.31. The van der Waals surface area contributed by atoms with E-state index in [0.29, 0.717) is 46.2 Å². The average molecular weight is 563 g/mol. The van der Waals surface area contributed by atoms with E-state index in [9.17, 15) is 14.9 Å². The Morgan fingerprint density at radius 3 is 2.37 bits per heavy atom. The zero-order valence-electron chi connectivity index (χ0n) is 22.7. The summed E-state index contributed by atoms with van der Waals surface area (Å²) in [6, 6.07) is 26.7. The summed E-state index contributed by atoms with van der Waals surface area (Å²) in [5.74, 6) is -0.304.